The van der Waals surface area contributed by atoms with Crippen LogP contribution in [-0.2, 0) is 11.2 Å². The molecule has 1 aliphatic rings. The monoisotopic (exact) mass is 345 g/mol. The van der Waals surface area contributed by atoms with Gasteiger partial charge < -0.3 is 16.4 Å². The van der Waals surface area contributed by atoms with E-state index in [0.717, 1.165) is 27.0 Å². The van der Waals surface area contributed by atoms with Crippen molar-refractivity contribution in [3.63, 3.8) is 0 Å². The third kappa shape index (κ3) is 2.88. The number of hydrogen-bond acceptors (Lipinski definition) is 3. The van der Waals surface area contributed by atoms with Crippen molar-refractivity contribution in [2.24, 2.45) is 0 Å². The van der Waals surface area contributed by atoms with Crippen molar-refractivity contribution in [1.82, 2.24) is 0 Å². The molecule has 1 aliphatic heterocycles. The minimum absolute atomic E-state index is 0.0154. The van der Waals surface area contributed by atoms with Gasteiger partial charge in [0.25, 0.3) is 0 Å². The summed E-state index contributed by atoms with van der Waals surface area (Å²) >= 11 is 3.48. The maximum atomic E-state index is 11.4. The lowest BCUT2D eigenvalue weighted by Gasteiger charge is -2.18. The van der Waals surface area contributed by atoms with E-state index in [2.05, 4.69) is 45.6 Å². The first-order valence-electron chi connectivity index (χ1n) is 6.77. The highest BCUT2D eigenvalue weighted by atomic mass is 79.9. The third-order valence-corrected chi connectivity index (χ3v) is 4.11. The Morgan fingerprint density at radius 3 is 2.90 bits per heavy atom. The number of nitrogens with two attached hydrogens (primary N) is 1. The van der Waals surface area contributed by atoms with Gasteiger partial charge >= 0.3 is 0 Å². The summed E-state index contributed by atoms with van der Waals surface area (Å²) in [5.41, 5.74) is 10.5. The first-order valence-corrected chi connectivity index (χ1v) is 7.56. The second-order valence-electron chi connectivity index (χ2n) is 5.24. The molecule has 4 N–H and O–H groups in total. The molecule has 0 radical (unpaired) electrons. The molecule has 0 aliphatic carbocycles. The molecule has 4 nitrogen and oxygen atoms in total. The summed E-state index contributed by atoms with van der Waals surface area (Å²) in [6.07, 6.45) is 0.404. The normalized spacial score (nSPS) is 14.5. The van der Waals surface area contributed by atoms with Gasteiger partial charge in [-0.3, -0.25) is 4.79 Å². The molecule has 3 rings (SSSR count). The molecule has 0 aromatic heterocycles. The quantitative estimate of drug-likeness (QED) is 0.743. The van der Waals surface area contributed by atoms with Crippen LogP contribution < -0.4 is 16.4 Å². The molecule has 108 valence electrons. The number of fused-ring (bicyclic) bond motifs is 1. The van der Waals surface area contributed by atoms with E-state index in [9.17, 15) is 4.79 Å². The lowest BCUT2D eigenvalue weighted by Crippen LogP contribution is -2.09. The maximum Gasteiger partial charge on any atom is 0.228 e. The van der Waals surface area contributed by atoms with Gasteiger partial charge in [-0.1, -0.05) is 28.1 Å². The largest absolute Gasteiger partial charge is 0.397 e. The van der Waals surface area contributed by atoms with Gasteiger partial charge in [-0.2, -0.15) is 0 Å². The van der Waals surface area contributed by atoms with E-state index < -0.39 is 0 Å². The van der Waals surface area contributed by atoms with E-state index in [4.69, 9.17) is 5.73 Å². The molecular formula is C16H16BrN3O. The summed E-state index contributed by atoms with van der Waals surface area (Å²) in [5.74, 6) is 0.0154. The van der Waals surface area contributed by atoms with Crippen LogP contribution in [0.1, 0.15) is 24.1 Å². The lowest BCUT2D eigenvalue weighted by molar-refractivity contribution is -0.115. The van der Waals surface area contributed by atoms with Gasteiger partial charge in [0.2, 0.25) is 5.91 Å². The number of amides is 1. The predicted molar refractivity (Wildman–Crippen MR) is 89.4 cm³/mol. The molecule has 5 heteroatoms. The predicted octanol–water partition coefficient (Wildman–Crippen LogP) is 3.70. The lowest BCUT2D eigenvalue weighted by atomic mass is 10.1. The molecule has 0 saturated heterocycles. The van der Waals surface area contributed by atoms with E-state index in [-0.39, 0.29) is 11.9 Å². The fourth-order valence-electron chi connectivity index (χ4n) is 2.51. The van der Waals surface area contributed by atoms with Crippen molar-refractivity contribution in [3.05, 3.63) is 52.0 Å². The van der Waals surface area contributed by atoms with E-state index in [1.807, 2.05) is 24.3 Å². The second kappa shape index (κ2) is 5.41. The fourth-order valence-corrected chi connectivity index (χ4v) is 2.93. The molecule has 1 heterocycles. The Morgan fingerprint density at radius 2 is 2.14 bits per heavy atom. The summed E-state index contributed by atoms with van der Waals surface area (Å²) in [4.78, 5) is 11.4. The third-order valence-electron chi connectivity index (χ3n) is 3.62. The number of rotatable bonds is 3. The molecule has 1 atom stereocenters. The highest BCUT2D eigenvalue weighted by molar-refractivity contribution is 9.10. The smallest absolute Gasteiger partial charge is 0.228 e. The Hall–Kier alpha value is -2.01. The minimum atomic E-state index is 0.0154. The van der Waals surface area contributed by atoms with Gasteiger partial charge in [0.15, 0.2) is 0 Å². The molecular weight excluding hydrogens is 330 g/mol. The van der Waals surface area contributed by atoms with E-state index in [1.165, 1.54) is 0 Å². The van der Waals surface area contributed by atoms with Gasteiger partial charge in [0.1, 0.15) is 0 Å². The first-order chi connectivity index (χ1) is 10.0. The van der Waals surface area contributed by atoms with E-state index in [0.29, 0.717) is 12.1 Å². The van der Waals surface area contributed by atoms with Crippen molar-refractivity contribution < 1.29 is 4.79 Å². The molecule has 21 heavy (non-hydrogen) atoms. The van der Waals surface area contributed by atoms with Crippen LogP contribution in [0, 0.1) is 0 Å². The van der Waals surface area contributed by atoms with Gasteiger partial charge in [-0.15, -0.1) is 0 Å². The van der Waals surface area contributed by atoms with Gasteiger partial charge in [0.05, 0.1) is 17.8 Å². The average Bonchev–Trinajstić information content (AvgIpc) is 2.78. The molecule has 0 fully saturated rings. The Morgan fingerprint density at radius 1 is 1.33 bits per heavy atom. The number of carbonyl (C=O) groups excluding carboxylic acids is 1. The van der Waals surface area contributed by atoms with Crippen LogP contribution in [0.4, 0.5) is 17.1 Å². The number of benzene rings is 2. The average molecular weight is 346 g/mol. The highest BCUT2D eigenvalue weighted by Gasteiger charge is 2.19. The van der Waals surface area contributed by atoms with Crippen molar-refractivity contribution in [1.29, 1.82) is 0 Å². The number of halogens is 1. The topological polar surface area (TPSA) is 67.1 Å². The van der Waals surface area contributed by atoms with Crippen molar-refractivity contribution in [2.45, 2.75) is 19.4 Å². The number of nitrogens with one attached hydrogen (secondary N) is 2. The summed E-state index contributed by atoms with van der Waals surface area (Å²) in [5, 5.41) is 6.25. The van der Waals surface area contributed by atoms with Gasteiger partial charge in [-0.25, -0.2) is 0 Å². The van der Waals surface area contributed by atoms with Crippen LogP contribution in [0.2, 0.25) is 0 Å². The SMILES string of the molecule is CC(Nc1cc2c(cc1N)CC(=O)N2)c1cccc(Br)c1. The maximum absolute atomic E-state index is 11.4. The second-order valence-corrected chi connectivity index (χ2v) is 6.16. The fraction of sp³-hybridized carbons (Fsp3) is 0.188. The number of nitrogen functional groups attached to an aromatic ring is 1. The number of anilines is 3. The Kier molecular flexibility index (Phi) is 3.59. The molecule has 1 amide bonds. The first kappa shape index (κ1) is 13.9. The summed E-state index contributed by atoms with van der Waals surface area (Å²) in [6, 6.07) is 12.0. The standard InChI is InChI=1S/C16H16BrN3O/c1-9(10-3-2-4-12(17)5-10)19-15-8-14-11(6-13(15)18)7-16(21)20-14/h2-6,8-9,19H,7,18H2,1H3,(H,20,21). The van der Waals surface area contributed by atoms with Crippen LogP contribution in [0.5, 0.6) is 0 Å². The van der Waals surface area contributed by atoms with Crippen molar-refractivity contribution in [2.75, 3.05) is 16.4 Å². The van der Waals surface area contributed by atoms with Crippen LogP contribution >= 0.6 is 15.9 Å². The zero-order valence-corrected chi connectivity index (χ0v) is 13.2. The summed E-state index contributed by atoms with van der Waals surface area (Å²) in [7, 11) is 0. The number of hydrogen-bond donors (Lipinski definition) is 3. The van der Waals surface area contributed by atoms with Gasteiger partial charge in [-0.05, 0) is 42.3 Å². The Bertz CT molecular complexity index is 715. The Balaban J connectivity index is 1.85. The minimum Gasteiger partial charge on any atom is -0.397 e. The van der Waals surface area contributed by atoms with Crippen molar-refractivity contribution in [3.8, 4) is 0 Å². The number of carbonyl (C=O) groups is 1. The van der Waals surface area contributed by atoms with Crippen LogP contribution in [0.3, 0.4) is 0 Å². The van der Waals surface area contributed by atoms with Gasteiger partial charge in [0, 0.05) is 16.2 Å². The zero-order valence-electron chi connectivity index (χ0n) is 11.6. The van der Waals surface area contributed by atoms with E-state index >= 15 is 0 Å². The Labute approximate surface area is 131 Å². The summed E-state index contributed by atoms with van der Waals surface area (Å²) < 4.78 is 1.04. The highest BCUT2D eigenvalue weighted by Crippen LogP contribution is 2.33. The van der Waals surface area contributed by atoms with E-state index in [1.54, 1.807) is 0 Å². The molecule has 0 spiro atoms. The van der Waals surface area contributed by atoms with Crippen LogP contribution in [0.15, 0.2) is 40.9 Å². The van der Waals surface area contributed by atoms with Crippen LogP contribution in [0.25, 0.3) is 0 Å². The van der Waals surface area contributed by atoms with Crippen molar-refractivity contribution >= 4 is 38.9 Å². The summed E-state index contributed by atoms with van der Waals surface area (Å²) in [6.45, 7) is 2.08. The van der Waals surface area contributed by atoms with Crippen LogP contribution in [-0.4, -0.2) is 5.91 Å². The molecule has 0 bridgehead atoms. The molecule has 2 aromatic rings. The molecule has 1 unspecified atom stereocenters. The molecule has 0 saturated carbocycles. The zero-order chi connectivity index (χ0) is 15.0. The molecule has 2 aromatic carbocycles.